The molecule has 5 heteroatoms. The third kappa shape index (κ3) is 2.71. The molecule has 0 aromatic heterocycles. The van der Waals surface area contributed by atoms with Gasteiger partial charge in [0.25, 0.3) is 6.29 Å². The average molecular weight is 340 g/mol. The minimum absolute atomic E-state index is 0.221. The predicted molar refractivity (Wildman–Crippen MR) is 92.2 cm³/mol. The van der Waals surface area contributed by atoms with E-state index in [2.05, 4.69) is 0 Å². The summed E-state index contributed by atoms with van der Waals surface area (Å²) in [6.07, 6.45) is -0.830. The molecule has 0 amide bonds. The highest BCUT2D eigenvalue weighted by molar-refractivity contribution is 7.91. The Hall–Kier alpha value is -2.53. The van der Waals surface area contributed by atoms with Crippen LogP contribution in [0.4, 0.5) is 0 Å². The van der Waals surface area contributed by atoms with E-state index in [0.29, 0.717) is 11.5 Å². The summed E-state index contributed by atoms with van der Waals surface area (Å²) in [6, 6.07) is 18.4. The third-order valence-corrected chi connectivity index (χ3v) is 5.77. The van der Waals surface area contributed by atoms with Crippen molar-refractivity contribution >= 4 is 20.6 Å². The first-order valence-electron chi connectivity index (χ1n) is 7.67. The standard InChI is InChI=1S/C19H16O4S/c1-13-6-8-16(9-7-13)24(20,21)12-19-22-17-10-14-4-2-3-5-15(14)11-18(17)23-19/h2-11,19H,12H2,1H3. The summed E-state index contributed by atoms with van der Waals surface area (Å²) < 4.78 is 36.4. The Labute approximate surface area is 140 Å². The van der Waals surface area contributed by atoms with Gasteiger partial charge in [0, 0.05) is 0 Å². The number of aryl methyl sites for hydroxylation is 1. The van der Waals surface area contributed by atoms with Gasteiger partial charge < -0.3 is 9.47 Å². The quantitative estimate of drug-likeness (QED) is 0.729. The van der Waals surface area contributed by atoms with Gasteiger partial charge >= 0.3 is 0 Å². The number of benzene rings is 3. The molecule has 0 bridgehead atoms. The number of fused-ring (bicyclic) bond motifs is 2. The lowest BCUT2D eigenvalue weighted by Crippen LogP contribution is -2.28. The molecule has 4 rings (SSSR count). The average Bonchev–Trinajstić information content (AvgIpc) is 2.93. The van der Waals surface area contributed by atoms with E-state index < -0.39 is 16.1 Å². The summed E-state index contributed by atoms with van der Waals surface area (Å²) >= 11 is 0. The zero-order chi connectivity index (χ0) is 16.7. The fraction of sp³-hybridized carbons (Fsp3) is 0.158. The van der Waals surface area contributed by atoms with Crippen molar-refractivity contribution < 1.29 is 17.9 Å². The molecule has 1 aliphatic heterocycles. The molecule has 24 heavy (non-hydrogen) atoms. The van der Waals surface area contributed by atoms with Crippen LogP contribution in [0.3, 0.4) is 0 Å². The fourth-order valence-corrected chi connectivity index (χ4v) is 4.02. The first-order chi connectivity index (χ1) is 11.5. The van der Waals surface area contributed by atoms with E-state index in [1.807, 2.05) is 43.3 Å². The van der Waals surface area contributed by atoms with E-state index in [9.17, 15) is 8.42 Å². The maximum absolute atomic E-state index is 12.5. The topological polar surface area (TPSA) is 52.6 Å². The number of hydrogen-bond acceptors (Lipinski definition) is 4. The Morgan fingerprint density at radius 3 is 1.96 bits per heavy atom. The number of hydrogen-bond donors (Lipinski definition) is 0. The van der Waals surface area contributed by atoms with Crippen LogP contribution in [0, 0.1) is 6.92 Å². The molecule has 3 aromatic carbocycles. The molecule has 0 saturated heterocycles. The van der Waals surface area contributed by atoms with E-state index in [-0.39, 0.29) is 10.6 Å². The van der Waals surface area contributed by atoms with Crippen LogP contribution in [-0.2, 0) is 9.84 Å². The molecule has 0 N–H and O–H groups in total. The molecule has 0 radical (unpaired) electrons. The molecule has 4 nitrogen and oxygen atoms in total. The highest BCUT2D eigenvalue weighted by Crippen LogP contribution is 2.38. The Kier molecular flexibility index (Phi) is 3.46. The summed E-state index contributed by atoms with van der Waals surface area (Å²) in [5, 5.41) is 2.06. The van der Waals surface area contributed by atoms with Gasteiger partial charge in [-0.05, 0) is 42.0 Å². The minimum atomic E-state index is -3.48. The summed E-state index contributed by atoms with van der Waals surface area (Å²) in [4.78, 5) is 0.279. The molecular formula is C19H16O4S. The van der Waals surface area contributed by atoms with Gasteiger partial charge in [0.15, 0.2) is 21.3 Å². The molecule has 0 spiro atoms. The third-order valence-electron chi connectivity index (χ3n) is 4.06. The van der Waals surface area contributed by atoms with Gasteiger partial charge in [-0.25, -0.2) is 8.42 Å². The zero-order valence-electron chi connectivity index (χ0n) is 13.1. The molecule has 1 heterocycles. The fourth-order valence-electron chi connectivity index (χ4n) is 2.78. The maximum atomic E-state index is 12.5. The Morgan fingerprint density at radius 1 is 0.875 bits per heavy atom. The van der Waals surface area contributed by atoms with E-state index in [4.69, 9.17) is 9.47 Å². The molecule has 0 aliphatic carbocycles. The van der Waals surface area contributed by atoms with Crippen molar-refractivity contribution in [3.8, 4) is 11.5 Å². The second-order valence-electron chi connectivity index (χ2n) is 5.91. The van der Waals surface area contributed by atoms with Crippen molar-refractivity contribution in [1.82, 2.24) is 0 Å². The molecule has 1 aliphatic rings. The highest BCUT2D eigenvalue weighted by Gasteiger charge is 2.30. The zero-order valence-corrected chi connectivity index (χ0v) is 13.9. The van der Waals surface area contributed by atoms with Gasteiger partial charge in [-0.3, -0.25) is 0 Å². The van der Waals surface area contributed by atoms with Crippen molar-refractivity contribution in [2.75, 3.05) is 5.75 Å². The lowest BCUT2D eigenvalue weighted by Gasteiger charge is -2.11. The van der Waals surface area contributed by atoms with Gasteiger partial charge in [0.05, 0.1) is 4.90 Å². The van der Waals surface area contributed by atoms with Crippen LogP contribution < -0.4 is 9.47 Å². The molecule has 122 valence electrons. The van der Waals surface area contributed by atoms with E-state index in [0.717, 1.165) is 16.3 Å². The normalized spacial score (nSPS) is 14.2. The predicted octanol–water partition coefficient (Wildman–Crippen LogP) is 3.72. The molecular weight excluding hydrogens is 324 g/mol. The van der Waals surface area contributed by atoms with Crippen molar-refractivity contribution in [3.05, 3.63) is 66.2 Å². The Morgan fingerprint density at radius 2 is 1.42 bits per heavy atom. The number of sulfone groups is 1. The monoisotopic (exact) mass is 340 g/mol. The smallest absolute Gasteiger partial charge is 0.255 e. The second-order valence-corrected chi connectivity index (χ2v) is 7.94. The van der Waals surface area contributed by atoms with Crippen molar-refractivity contribution in [2.24, 2.45) is 0 Å². The summed E-state index contributed by atoms with van der Waals surface area (Å²) in [5.41, 5.74) is 1.02. The van der Waals surface area contributed by atoms with Crippen molar-refractivity contribution in [3.63, 3.8) is 0 Å². The largest absolute Gasteiger partial charge is 0.450 e. The van der Waals surface area contributed by atoms with Gasteiger partial charge in [-0.2, -0.15) is 0 Å². The van der Waals surface area contributed by atoms with E-state index in [1.54, 1.807) is 24.3 Å². The van der Waals surface area contributed by atoms with Gasteiger partial charge in [0.1, 0.15) is 5.75 Å². The highest BCUT2D eigenvalue weighted by atomic mass is 32.2. The van der Waals surface area contributed by atoms with Crippen molar-refractivity contribution in [2.45, 2.75) is 18.1 Å². The molecule has 0 saturated carbocycles. The number of rotatable bonds is 3. The van der Waals surface area contributed by atoms with E-state index in [1.165, 1.54) is 0 Å². The lowest BCUT2D eigenvalue weighted by molar-refractivity contribution is 0.0708. The lowest BCUT2D eigenvalue weighted by atomic mass is 10.1. The van der Waals surface area contributed by atoms with Crippen LogP contribution in [-0.4, -0.2) is 20.5 Å². The maximum Gasteiger partial charge on any atom is 0.255 e. The van der Waals surface area contributed by atoms with Gasteiger partial charge in [-0.15, -0.1) is 0 Å². The van der Waals surface area contributed by atoms with Crippen LogP contribution in [0.2, 0.25) is 0 Å². The van der Waals surface area contributed by atoms with Gasteiger partial charge in [-0.1, -0.05) is 42.0 Å². The minimum Gasteiger partial charge on any atom is -0.450 e. The first-order valence-corrected chi connectivity index (χ1v) is 9.32. The van der Waals surface area contributed by atoms with Crippen LogP contribution >= 0.6 is 0 Å². The summed E-state index contributed by atoms with van der Waals surface area (Å²) in [6.45, 7) is 1.92. The Balaban J connectivity index is 1.58. The summed E-state index contributed by atoms with van der Waals surface area (Å²) in [7, 11) is -3.48. The van der Waals surface area contributed by atoms with Gasteiger partial charge in [0.2, 0.25) is 0 Å². The van der Waals surface area contributed by atoms with Crippen LogP contribution in [0.1, 0.15) is 5.56 Å². The molecule has 0 fully saturated rings. The Bertz CT molecular complexity index is 963. The molecule has 3 aromatic rings. The first kappa shape index (κ1) is 15.0. The second kappa shape index (κ2) is 5.53. The SMILES string of the molecule is Cc1ccc(S(=O)(=O)CC2Oc3cc4ccccc4cc3O2)cc1. The van der Waals surface area contributed by atoms with Crippen LogP contribution in [0.5, 0.6) is 11.5 Å². The molecule has 0 atom stereocenters. The van der Waals surface area contributed by atoms with Crippen molar-refractivity contribution in [1.29, 1.82) is 0 Å². The van der Waals surface area contributed by atoms with Crippen LogP contribution in [0.25, 0.3) is 10.8 Å². The van der Waals surface area contributed by atoms with E-state index >= 15 is 0 Å². The van der Waals surface area contributed by atoms with Crippen LogP contribution in [0.15, 0.2) is 65.6 Å². The summed E-state index contributed by atoms with van der Waals surface area (Å²) in [5.74, 6) is 0.941. The number of ether oxygens (including phenoxy) is 2. The molecule has 0 unspecified atom stereocenters.